The molecule has 3 heterocycles. The van der Waals surface area contributed by atoms with Gasteiger partial charge in [0.05, 0.1) is 17.6 Å². The van der Waals surface area contributed by atoms with Crippen LogP contribution in [-0.2, 0) is 0 Å². The van der Waals surface area contributed by atoms with Crippen molar-refractivity contribution in [2.75, 3.05) is 17.7 Å². The maximum Gasteiger partial charge on any atom is 0.226 e. The molecule has 0 amide bonds. The number of nitrogens with one attached hydrogen (secondary N) is 3. The number of aromatic nitrogens is 5. The van der Waals surface area contributed by atoms with E-state index in [1.54, 1.807) is 24.6 Å². The van der Waals surface area contributed by atoms with Gasteiger partial charge in [-0.3, -0.25) is 5.10 Å². The molecule has 0 bridgehead atoms. The van der Waals surface area contributed by atoms with Gasteiger partial charge in [-0.2, -0.15) is 15.1 Å². The van der Waals surface area contributed by atoms with Gasteiger partial charge in [0, 0.05) is 18.6 Å². The van der Waals surface area contributed by atoms with Gasteiger partial charge < -0.3 is 10.6 Å². The number of nitrogens with zero attached hydrogens (tertiary/aromatic N) is 4. The molecular weight excluding hydrogens is 274 g/mol. The third-order valence-corrected chi connectivity index (χ3v) is 3.89. The molecule has 3 aromatic rings. The fraction of sp³-hybridized carbons (Fsp3) is 0.333. The predicted molar refractivity (Wildman–Crippen MR) is 80.0 cm³/mol. The molecule has 0 saturated heterocycles. The molecule has 0 spiro atoms. The van der Waals surface area contributed by atoms with Crippen molar-refractivity contribution in [3.8, 4) is 0 Å². The number of rotatable bonds is 5. The van der Waals surface area contributed by atoms with Crippen molar-refractivity contribution >= 4 is 34.1 Å². The average molecular weight is 289 g/mol. The first-order valence-electron chi connectivity index (χ1n) is 6.36. The van der Waals surface area contributed by atoms with Crippen molar-refractivity contribution in [1.29, 1.82) is 0 Å². The molecule has 0 aliphatic carbocycles. The van der Waals surface area contributed by atoms with Crippen LogP contribution < -0.4 is 10.6 Å². The maximum atomic E-state index is 4.47. The summed E-state index contributed by atoms with van der Waals surface area (Å²) in [7, 11) is 1.79. The van der Waals surface area contributed by atoms with Crippen LogP contribution in [-0.4, -0.2) is 32.2 Å². The molecule has 8 heteroatoms. The van der Waals surface area contributed by atoms with Crippen LogP contribution in [0.15, 0.2) is 17.8 Å². The minimum Gasteiger partial charge on any atom is -0.360 e. The summed E-state index contributed by atoms with van der Waals surface area (Å²) in [6.07, 6.45) is 4.47. The van der Waals surface area contributed by atoms with Crippen LogP contribution in [0.25, 0.3) is 11.0 Å². The number of aromatic amines is 1. The van der Waals surface area contributed by atoms with Crippen LogP contribution in [0.5, 0.6) is 0 Å². The Balaban J connectivity index is 1.98. The Morgan fingerprint density at radius 1 is 1.40 bits per heavy atom. The predicted octanol–water partition coefficient (Wildman–Crippen LogP) is 2.41. The minimum absolute atomic E-state index is 0.132. The van der Waals surface area contributed by atoms with E-state index >= 15 is 0 Å². The maximum absolute atomic E-state index is 4.47. The second-order valence-electron chi connectivity index (χ2n) is 4.25. The molecule has 0 saturated carbocycles. The summed E-state index contributed by atoms with van der Waals surface area (Å²) in [5.74, 6) is 1.31. The summed E-state index contributed by atoms with van der Waals surface area (Å²) < 4.78 is 0. The standard InChI is InChI=1S/C12H15N7S/c1-3-8(11-14-4-5-20-11)16-9-7-6-15-19-10(7)18-12(13-2)17-9/h4-6,8H,3H2,1-2H3,(H3,13,15,16,17,18,19). The fourth-order valence-electron chi connectivity index (χ4n) is 1.97. The van der Waals surface area contributed by atoms with Gasteiger partial charge in [-0.1, -0.05) is 6.92 Å². The lowest BCUT2D eigenvalue weighted by Gasteiger charge is -2.16. The summed E-state index contributed by atoms with van der Waals surface area (Å²) in [5.41, 5.74) is 0.709. The van der Waals surface area contributed by atoms with Gasteiger partial charge in [-0.15, -0.1) is 11.3 Å². The van der Waals surface area contributed by atoms with Crippen molar-refractivity contribution in [3.63, 3.8) is 0 Å². The van der Waals surface area contributed by atoms with Crippen molar-refractivity contribution in [3.05, 3.63) is 22.8 Å². The smallest absolute Gasteiger partial charge is 0.226 e. The van der Waals surface area contributed by atoms with E-state index in [-0.39, 0.29) is 6.04 Å². The van der Waals surface area contributed by atoms with Crippen LogP contribution in [0.4, 0.5) is 11.8 Å². The molecule has 20 heavy (non-hydrogen) atoms. The number of thiazole rings is 1. The molecule has 3 N–H and O–H groups in total. The molecule has 0 aliphatic rings. The molecule has 1 unspecified atom stereocenters. The Kier molecular flexibility index (Phi) is 3.46. The molecule has 0 radical (unpaired) electrons. The van der Waals surface area contributed by atoms with Gasteiger partial charge in [-0.25, -0.2) is 4.98 Å². The highest BCUT2D eigenvalue weighted by atomic mass is 32.1. The molecule has 0 aliphatic heterocycles. The quantitative estimate of drug-likeness (QED) is 0.668. The van der Waals surface area contributed by atoms with Crippen molar-refractivity contribution < 1.29 is 0 Å². The van der Waals surface area contributed by atoms with Crippen LogP contribution in [0.3, 0.4) is 0 Å². The summed E-state index contributed by atoms with van der Waals surface area (Å²) in [5, 5.41) is 17.2. The summed E-state index contributed by atoms with van der Waals surface area (Å²) >= 11 is 1.64. The van der Waals surface area contributed by atoms with Gasteiger partial charge >= 0.3 is 0 Å². The molecule has 0 aromatic carbocycles. The number of hydrogen-bond donors (Lipinski definition) is 3. The monoisotopic (exact) mass is 289 g/mol. The van der Waals surface area contributed by atoms with Crippen LogP contribution in [0.2, 0.25) is 0 Å². The first-order valence-corrected chi connectivity index (χ1v) is 7.24. The molecule has 3 aromatic heterocycles. The molecule has 7 nitrogen and oxygen atoms in total. The second kappa shape index (κ2) is 5.41. The highest BCUT2D eigenvalue weighted by Crippen LogP contribution is 2.27. The van der Waals surface area contributed by atoms with E-state index in [0.29, 0.717) is 11.6 Å². The molecule has 0 fully saturated rings. The van der Waals surface area contributed by atoms with Gasteiger partial charge in [0.1, 0.15) is 10.8 Å². The highest BCUT2D eigenvalue weighted by Gasteiger charge is 2.16. The normalized spacial score (nSPS) is 12.5. The van der Waals surface area contributed by atoms with Crippen LogP contribution in [0, 0.1) is 0 Å². The van der Waals surface area contributed by atoms with Crippen molar-refractivity contribution in [2.24, 2.45) is 0 Å². The zero-order valence-corrected chi connectivity index (χ0v) is 12.0. The fourth-order valence-corrected chi connectivity index (χ4v) is 2.74. The van der Waals surface area contributed by atoms with Crippen molar-refractivity contribution in [1.82, 2.24) is 25.1 Å². The van der Waals surface area contributed by atoms with E-state index in [1.165, 1.54) is 0 Å². The molecule has 1 atom stereocenters. The summed E-state index contributed by atoms with van der Waals surface area (Å²) in [6, 6.07) is 0.132. The van der Waals surface area contributed by atoms with Crippen molar-refractivity contribution in [2.45, 2.75) is 19.4 Å². The SMILES string of the molecule is CCC(Nc1nc(NC)nc2[nH]ncc12)c1nccs1. The molecular formula is C12H15N7S. The first-order chi connectivity index (χ1) is 9.81. The van der Waals surface area contributed by atoms with Crippen LogP contribution >= 0.6 is 11.3 Å². The van der Waals surface area contributed by atoms with Crippen LogP contribution in [0.1, 0.15) is 24.4 Å². The lowest BCUT2D eigenvalue weighted by atomic mass is 10.2. The van der Waals surface area contributed by atoms with Gasteiger partial charge in [0.2, 0.25) is 5.95 Å². The Morgan fingerprint density at radius 2 is 2.30 bits per heavy atom. The van der Waals surface area contributed by atoms with E-state index in [9.17, 15) is 0 Å². The average Bonchev–Trinajstić information content (AvgIpc) is 3.14. The summed E-state index contributed by atoms with van der Waals surface area (Å²) in [6.45, 7) is 2.12. The Bertz CT molecular complexity index is 691. The number of fused-ring (bicyclic) bond motifs is 1. The lowest BCUT2D eigenvalue weighted by Crippen LogP contribution is -2.12. The first kappa shape index (κ1) is 12.8. The second-order valence-corrected chi connectivity index (χ2v) is 5.18. The lowest BCUT2D eigenvalue weighted by molar-refractivity contribution is 0.738. The largest absolute Gasteiger partial charge is 0.360 e. The topological polar surface area (TPSA) is 91.4 Å². The third kappa shape index (κ3) is 2.29. The van der Waals surface area contributed by atoms with Gasteiger partial charge in [-0.05, 0) is 6.42 Å². The minimum atomic E-state index is 0.132. The highest BCUT2D eigenvalue weighted by molar-refractivity contribution is 7.09. The number of hydrogen-bond acceptors (Lipinski definition) is 7. The zero-order chi connectivity index (χ0) is 13.9. The molecule has 3 rings (SSSR count). The van der Waals surface area contributed by atoms with E-state index in [4.69, 9.17) is 0 Å². The number of H-pyrrole nitrogens is 1. The zero-order valence-electron chi connectivity index (χ0n) is 11.2. The summed E-state index contributed by atoms with van der Waals surface area (Å²) in [4.78, 5) is 13.2. The Hall–Kier alpha value is -2.22. The molecule has 104 valence electrons. The Morgan fingerprint density at radius 3 is 3.00 bits per heavy atom. The van der Waals surface area contributed by atoms with E-state index in [1.807, 2.05) is 11.6 Å². The van der Waals surface area contributed by atoms with E-state index < -0.39 is 0 Å². The third-order valence-electron chi connectivity index (χ3n) is 3.00. The van der Waals surface area contributed by atoms with Gasteiger partial charge in [0.25, 0.3) is 0 Å². The van der Waals surface area contributed by atoms with E-state index in [0.717, 1.165) is 22.6 Å². The Labute approximate surface area is 119 Å². The van der Waals surface area contributed by atoms with Gasteiger partial charge in [0.15, 0.2) is 5.65 Å². The number of anilines is 2. The van der Waals surface area contributed by atoms with E-state index in [2.05, 4.69) is 42.7 Å².